The Morgan fingerprint density at radius 3 is 2.59 bits per heavy atom. The van der Waals surface area contributed by atoms with E-state index in [1.807, 2.05) is 16.7 Å². The molecular weight excluding hydrogens is 372 g/mol. The van der Waals surface area contributed by atoms with Gasteiger partial charge in [-0.05, 0) is 30.0 Å². The van der Waals surface area contributed by atoms with Gasteiger partial charge in [0, 0.05) is 44.0 Å². The summed E-state index contributed by atoms with van der Waals surface area (Å²) in [7, 11) is 3.25. The largest absolute Gasteiger partial charge is 0.493 e. The van der Waals surface area contributed by atoms with Crippen LogP contribution in [-0.4, -0.2) is 37.9 Å². The number of methoxy groups -OCH3 is 2. The van der Waals surface area contributed by atoms with E-state index in [0.717, 1.165) is 29.7 Å². The van der Waals surface area contributed by atoms with E-state index in [4.69, 9.17) is 19.9 Å². The van der Waals surface area contributed by atoms with Gasteiger partial charge in [-0.1, -0.05) is 13.8 Å². The molecule has 156 valence electrons. The predicted octanol–water partition coefficient (Wildman–Crippen LogP) is 2.79. The second kappa shape index (κ2) is 8.69. The summed E-state index contributed by atoms with van der Waals surface area (Å²) in [6.45, 7) is 5.39. The minimum Gasteiger partial charge on any atom is -0.493 e. The lowest BCUT2D eigenvalue weighted by Gasteiger charge is -2.34. The summed E-state index contributed by atoms with van der Waals surface area (Å²) >= 11 is 0. The van der Waals surface area contributed by atoms with E-state index in [1.165, 1.54) is 6.07 Å². The van der Waals surface area contributed by atoms with E-state index >= 15 is 0 Å². The van der Waals surface area contributed by atoms with E-state index in [9.17, 15) is 9.59 Å². The zero-order valence-corrected chi connectivity index (χ0v) is 17.4. The van der Waals surface area contributed by atoms with Crippen LogP contribution >= 0.6 is 0 Å². The molecule has 0 saturated heterocycles. The first-order chi connectivity index (χ1) is 13.9. The molecule has 1 aromatic heterocycles. The van der Waals surface area contributed by atoms with E-state index in [1.54, 1.807) is 20.4 Å². The van der Waals surface area contributed by atoms with Crippen molar-refractivity contribution in [3.63, 3.8) is 0 Å². The standard InChI is InChI=1S/C22H28N2O5/c1-13(2)17-8-14-9-21(29-7-5-6-27-3)20(28-4)10-15(14)18-11-19(25)16(22(23)26)12-24(17)18/h9-13,17H,5-8H2,1-4H3,(H2,23,26). The van der Waals surface area contributed by atoms with Crippen LogP contribution in [0.1, 0.15) is 42.2 Å². The number of amides is 1. The van der Waals surface area contributed by atoms with Crippen molar-refractivity contribution in [2.75, 3.05) is 27.4 Å². The minimum atomic E-state index is -0.712. The summed E-state index contributed by atoms with van der Waals surface area (Å²) in [4.78, 5) is 24.1. The first-order valence-corrected chi connectivity index (χ1v) is 9.76. The molecule has 1 aliphatic rings. The average molecular weight is 400 g/mol. The topological polar surface area (TPSA) is 92.8 Å². The van der Waals surface area contributed by atoms with Crippen molar-refractivity contribution in [2.24, 2.45) is 11.7 Å². The van der Waals surface area contributed by atoms with E-state index in [-0.39, 0.29) is 17.0 Å². The first kappa shape index (κ1) is 20.9. The van der Waals surface area contributed by atoms with Gasteiger partial charge < -0.3 is 24.5 Å². The molecule has 0 aliphatic carbocycles. The van der Waals surface area contributed by atoms with Gasteiger partial charge >= 0.3 is 0 Å². The number of hydrogen-bond acceptors (Lipinski definition) is 5. The highest BCUT2D eigenvalue weighted by atomic mass is 16.5. The number of ether oxygens (including phenoxy) is 3. The van der Waals surface area contributed by atoms with Crippen molar-refractivity contribution in [3.05, 3.63) is 45.7 Å². The van der Waals surface area contributed by atoms with Crippen LogP contribution in [-0.2, 0) is 11.2 Å². The van der Waals surface area contributed by atoms with E-state index in [0.29, 0.717) is 30.6 Å². The van der Waals surface area contributed by atoms with Crippen molar-refractivity contribution < 1.29 is 19.0 Å². The molecule has 29 heavy (non-hydrogen) atoms. The summed E-state index contributed by atoms with van der Waals surface area (Å²) in [5, 5.41) is 0. The number of nitrogens with zero attached hydrogens (tertiary/aromatic N) is 1. The Kier molecular flexibility index (Phi) is 6.27. The Balaban J connectivity index is 2.10. The number of rotatable bonds is 8. The monoisotopic (exact) mass is 400 g/mol. The van der Waals surface area contributed by atoms with Crippen LogP contribution in [0.3, 0.4) is 0 Å². The second-order valence-electron chi connectivity index (χ2n) is 7.58. The third-order valence-corrected chi connectivity index (χ3v) is 5.32. The highest BCUT2D eigenvalue weighted by Gasteiger charge is 2.29. The van der Waals surface area contributed by atoms with Crippen LogP contribution < -0.4 is 20.6 Å². The number of benzene rings is 1. The van der Waals surface area contributed by atoms with Crippen molar-refractivity contribution in [2.45, 2.75) is 32.7 Å². The molecule has 1 amide bonds. The number of hydrogen-bond donors (Lipinski definition) is 1. The molecule has 0 spiro atoms. The summed E-state index contributed by atoms with van der Waals surface area (Å²) < 4.78 is 18.5. The lowest BCUT2D eigenvalue weighted by Crippen LogP contribution is -2.30. The second-order valence-corrected chi connectivity index (χ2v) is 7.58. The molecule has 2 heterocycles. The van der Waals surface area contributed by atoms with Crippen molar-refractivity contribution in [3.8, 4) is 22.8 Å². The van der Waals surface area contributed by atoms with Crippen LogP contribution in [0, 0.1) is 5.92 Å². The van der Waals surface area contributed by atoms with Gasteiger partial charge in [-0.2, -0.15) is 0 Å². The SMILES string of the molecule is COCCCOc1cc2c(cc1OC)-c1cc(=O)c(C(N)=O)cn1C(C(C)C)C2. The van der Waals surface area contributed by atoms with Crippen LogP contribution in [0.25, 0.3) is 11.3 Å². The first-order valence-electron chi connectivity index (χ1n) is 9.76. The molecule has 1 unspecified atom stereocenters. The maximum Gasteiger partial charge on any atom is 0.254 e. The minimum absolute atomic E-state index is 0.00733. The zero-order valence-electron chi connectivity index (χ0n) is 17.4. The Bertz CT molecular complexity index is 964. The van der Waals surface area contributed by atoms with Crippen LogP contribution in [0.2, 0.25) is 0 Å². The van der Waals surface area contributed by atoms with Crippen molar-refractivity contribution in [1.82, 2.24) is 4.57 Å². The molecule has 0 bridgehead atoms. The molecule has 1 aliphatic heterocycles. The zero-order chi connectivity index (χ0) is 21.1. The summed E-state index contributed by atoms with van der Waals surface area (Å²) in [6, 6.07) is 5.47. The fourth-order valence-electron chi connectivity index (χ4n) is 3.77. The highest BCUT2D eigenvalue weighted by Crippen LogP contribution is 2.42. The molecule has 3 rings (SSSR count). The molecule has 7 nitrogen and oxygen atoms in total. The lowest BCUT2D eigenvalue weighted by molar-refractivity contribution is 0.0998. The summed E-state index contributed by atoms with van der Waals surface area (Å²) in [5.41, 5.74) is 7.76. The average Bonchev–Trinajstić information content (AvgIpc) is 2.69. The number of carbonyl (C=O) groups excluding carboxylic acids is 1. The number of carbonyl (C=O) groups is 1. The number of pyridine rings is 1. The smallest absolute Gasteiger partial charge is 0.254 e. The molecule has 0 radical (unpaired) electrons. The summed E-state index contributed by atoms with van der Waals surface area (Å²) in [5.74, 6) is 0.853. The van der Waals surface area contributed by atoms with Crippen LogP contribution in [0.4, 0.5) is 0 Å². The molecule has 7 heteroatoms. The maximum atomic E-state index is 12.5. The quantitative estimate of drug-likeness (QED) is 0.688. The maximum absolute atomic E-state index is 12.5. The lowest BCUT2D eigenvalue weighted by atomic mass is 9.87. The molecule has 1 aromatic carbocycles. The van der Waals surface area contributed by atoms with Gasteiger partial charge in [0.05, 0.1) is 19.4 Å². The van der Waals surface area contributed by atoms with E-state index in [2.05, 4.69) is 13.8 Å². The Morgan fingerprint density at radius 2 is 1.97 bits per heavy atom. The predicted molar refractivity (Wildman–Crippen MR) is 111 cm³/mol. The molecule has 1 atom stereocenters. The Hall–Kier alpha value is -2.80. The van der Waals surface area contributed by atoms with E-state index < -0.39 is 5.91 Å². The van der Waals surface area contributed by atoms with Gasteiger partial charge in [-0.15, -0.1) is 0 Å². The third kappa shape index (κ3) is 4.15. The molecular formula is C22H28N2O5. The Morgan fingerprint density at radius 1 is 1.21 bits per heavy atom. The van der Waals surface area contributed by atoms with Crippen molar-refractivity contribution in [1.29, 1.82) is 0 Å². The van der Waals surface area contributed by atoms with Crippen LogP contribution in [0.5, 0.6) is 11.5 Å². The summed E-state index contributed by atoms with van der Waals surface area (Å²) in [6.07, 6.45) is 3.12. The van der Waals surface area contributed by atoms with Gasteiger partial charge in [-0.3, -0.25) is 9.59 Å². The number of aromatic nitrogens is 1. The van der Waals surface area contributed by atoms with Gasteiger partial charge in [0.15, 0.2) is 16.9 Å². The van der Waals surface area contributed by atoms with Gasteiger partial charge in [0.25, 0.3) is 5.91 Å². The number of primary amides is 1. The van der Waals surface area contributed by atoms with Gasteiger partial charge in [0.1, 0.15) is 5.56 Å². The van der Waals surface area contributed by atoms with Crippen LogP contribution in [0.15, 0.2) is 29.2 Å². The fourth-order valence-corrected chi connectivity index (χ4v) is 3.77. The number of nitrogens with two attached hydrogens (primary N) is 1. The Labute approximate surface area is 170 Å². The normalized spacial score (nSPS) is 15.0. The molecule has 2 N–H and O–H groups in total. The van der Waals surface area contributed by atoms with Gasteiger partial charge in [-0.25, -0.2) is 0 Å². The highest BCUT2D eigenvalue weighted by molar-refractivity contribution is 5.92. The van der Waals surface area contributed by atoms with Gasteiger partial charge in [0.2, 0.25) is 0 Å². The number of fused-ring (bicyclic) bond motifs is 3. The molecule has 0 saturated carbocycles. The third-order valence-electron chi connectivity index (χ3n) is 5.32. The fraction of sp³-hybridized carbons (Fsp3) is 0.455. The molecule has 2 aromatic rings. The molecule has 0 fully saturated rings. The van der Waals surface area contributed by atoms with Crippen molar-refractivity contribution >= 4 is 5.91 Å².